The lowest BCUT2D eigenvalue weighted by Gasteiger charge is -2.36. The van der Waals surface area contributed by atoms with Crippen LogP contribution < -0.4 is 0 Å². The van der Waals surface area contributed by atoms with Gasteiger partial charge >= 0.3 is 0 Å². The molecule has 0 radical (unpaired) electrons. The summed E-state index contributed by atoms with van der Waals surface area (Å²) in [6.07, 6.45) is 7.50. The van der Waals surface area contributed by atoms with Gasteiger partial charge in [-0.25, -0.2) is 0 Å². The highest BCUT2D eigenvalue weighted by atomic mass is 32.2. The van der Waals surface area contributed by atoms with Crippen molar-refractivity contribution in [1.82, 2.24) is 19.6 Å². The van der Waals surface area contributed by atoms with E-state index in [4.69, 9.17) is 0 Å². The van der Waals surface area contributed by atoms with Gasteiger partial charge < -0.3 is 0 Å². The van der Waals surface area contributed by atoms with E-state index < -0.39 is 0 Å². The minimum Gasteiger partial charge on any atom is -0.288 e. The Balaban J connectivity index is 0. The lowest BCUT2D eigenvalue weighted by Crippen LogP contribution is -2.50. The minimum absolute atomic E-state index is 1.00. The Morgan fingerprint density at radius 2 is 0.871 bits per heavy atom. The summed E-state index contributed by atoms with van der Waals surface area (Å²) in [7, 11) is 8.60. The summed E-state index contributed by atoms with van der Waals surface area (Å²) in [5.41, 5.74) is 0. The summed E-state index contributed by atoms with van der Waals surface area (Å²) in [5.74, 6) is 8.92. The predicted octanol–water partition coefficient (Wildman–Crippen LogP) is 5.01. The van der Waals surface area contributed by atoms with Crippen molar-refractivity contribution in [2.75, 3.05) is 94.5 Å². The molecule has 1 aliphatic heterocycles. The average Bonchev–Trinajstić information content (AvgIpc) is 2.72. The van der Waals surface area contributed by atoms with Gasteiger partial charge in [0.25, 0.3) is 0 Å². The zero-order valence-electron chi connectivity index (χ0n) is 20.4. The third-order valence-corrected chi connectivity index (χ3v) is 7.70. The van der Waals surface area contributed by atoms with E-state index in [2.05, 4.69) is 98.3 Å². The fraction of sp³-hybridized carbons (Fsp3) is 1.00. The van der Waals surface area contributed by atoms with Crippen LogP contribution in [0.5, 0.6) is 0 Å². The van der Waals surface area contributed by atoms with E-state index in [-0.39, 0.29) is 0 Å². The second-order valence-corrected chi connectivity index (χ2v) is 11.9. The third kappa shape index (κ3) is 29.9. The fourth-order valence-corrected chi connectivity index (χ4v) is 5.59. The summed E-state index contributed by atoms with van der Waals surface area (Å²) in [4.78, 5) is 9.24. The second-order valence-electron chi connectivity index (χ2n) is 7.94. The molecule has 31 heavy (non-hydrogen) atoms. The minimum atomic E-state index is 1.00. The number of thioether (sulfide) groups is 2. The van der Waals surface area contributed by atoms with Gasteiger partial charge in [0.15, 0.2) is 0 Å². The Bertz CT molecular complexity index is 302. The normalized spacial score (nSPS) is 15.4. The first-order valence-corrected chi connectivity index (χ1v) is 16.1. The van der Waals surface area contributed by atoms with Crippen molar-refractivity contribution >= 4 is 74.0 Å². The molecule has 1 heterocycles. The topological polar surface area (TPSA) is 13.0 Å². The standard InChI is InChI=1S/C11H25NS4.C6H15N3.C4H10S2/c1-12(10-15-8-4-2-6-13)11-16-9-5-3-7-14;1-7-4-8(2)6-9(3)5-7;5-3-1-2-4-6/h13-14H,2-11H2,1H3;4-6H2,1-3H3;5-6H,1-4H2. The maximum atomic E-state index is 4.21. The Morgan fingerprint density at radius 3 is 1.16 bits per heavy atom. The van der Waals surface area contributed by atoms with E-state index in [1.54, 1.807) is 0 Å². The Morgan fingerprint density at radius 1 is 0.581 bits per heavy atom. The van der Waals surface area contributed by atoms with Gasteiger partial charge in [-0.2, -0.15) is 50.5 Å². The quantitative estimate of drug-likeness (QED) is 0.129. The fourth-order valence-electron chi connectivity index (χ4n) is 2.70. The van der Waals surface area contributed by atoms with Crippen molar-refractivity contribution in [3.63, 3.8) is 0 Å². The summed E-state index contributed by atoms with van der Waals surface area (Å²) in [6.45, 7) is 3.26. The molecule has 190 valence electrons. The van der Waals surface area contributed by atoms with E-state index in [9.17, 15) is 0 Å². The molecule has 1 saturated heterocycles. The zero-order valence-corrected chi connectivity index (χ0v) is 25.6. The number of thiol groups is 4. The van der Waals surface area contributed by atoms with E-state index >= 15 is 0 Å². The van der Waals surface area contributed by atoms with Crippen LogP contribution in [0.4, 0.5) is 0 Å². The predicted molar refractivity (Wildman–Crippen MR) is 163 cm³/mol. The molecule has 0 amide bonds. The van der Waals surface area contributed by atoms with Gasteiger partial charge in [-0.15, -0.1) is 23.5 Å². The molecule has 0 aromatic rings. The van der Waals surface area contributed by atoms with Crippen molar-refractivity contribution in [1.29, 1.82) is 0 Å². The first kappa shape index (κ1) is 35.1. The lowest BCUT2D eigenvalue weighted by molar-refractivity contribution is 0.0149. The Kier molecular flexibility index (Phi) is 31.9. The highest BCUT2D eigenvalue weighted by Crippen LogP contribution is 2.11. The van der Waals surface area contributed by atoms with Crippen molar-refractivity contribution in [2.45, 2.75) is 38.5 Å². The van der Waals surface area contributed by atoms with Gasteiger partial charge in [-0.05, 0) is 101 Å². The molecule has 0 atom stereocenters. The lowest BCUT2D eigenvalue weighted by atomic mass is 10.4. The molecule has 0 N–H and O–H groups in total. The van der Waals surface area contributed by atoms with Gasteiger partial charge in [0.05, 0.1) is 20.0 Å². The van der Waals surface area contributed by atoms with Crippen molar-refractivity contribution in [2.24, 2.45) is 0 Å². The average molecular weight is 551 g/mol. The zero-order chi connectivity index (χ0) is 23.7. The van der Waals surface area contributed by atoms with E-state index in [0.29, 0.717) is 0 Å². The molecular weight excluding hydrogens is 501 g/mol. The molecule has 0 bridgehead atoms. The summed E-state index contributed by atoms with van der Waals surface area (Å²) < 4.78 is 0. The van der Waals surface area contributed by atoms with Crippen LogP contribution in [0.1, 0.15) is 38.5 Å². The summed E-state index contributed by atoms with van der Waals surface area (Å²) in [6, 6.07) is 0. The molecule has 0 aromatic heterocycles. The van der Waals surface area contributed by atoms with E-state index in [1.165, 1.54) is 50.0 Å². The van der Waals surface area contributed by atoms with Crippen LogP contribution in [0, 0.1) is 0 Å². The SMILES string of the molecule is CN(CSCCCCS)CSCCCCS.CN1CN(C)CN(C)C1.SCCCCS. The molecule has 0 unspecified atom stereocenters. The smallest absolute Gasteiger partial charge is 0.0523 e. The van der Waals surface area contributed by atoms with E-state index in [1.807, 2.05) is 23.5 Å². The molecule has 0 aliphatic carbocycles. The van der Waals surface area contributed by atoms with Gasteiger partial charge in [-0.3, -0.25) is 19.6 Å². The van der Waals surface area contributed by atoms with Crippen LogP contribution in [-0.4, -0.2) is 114 Å². The number of nitrogens with zero attached hydrogens (tertiary/aromatic N) is 4. The molecular formula is C21H50N4S6. The number of rotatable bonds is 15. The van der Waals surface area contributed by atoms with Crippen LogP contribution in [-0.2, 0) is 0 Å². The van der Waals surface area contributed by atoms with Crippen LogP contribution in [0.2, 0.25) is 0 Å². The van der Waals surface area contributed by atoms with Crippen LogP contribution >= 0.6 is 74.0 Å². The Hall–Kier alpha value is 1.94. The van der Waals surface area contributed by atoms with Crippen molar-refractivity contribution in [3.8, 4) is 0 Å². The first-order valence-electron chi connectivity index (χ1n) is 11.2. The van der Waals surface area contributed by atoms with Gasteiger partial charge in [0.1, 0.15) is 0 Å². The van der Waals surface area contributed by atoms with E-state index in [0.717, 1.165) is 54.8 Å². The number of hydrogen-bond acceptors (Lipinski definition) is 10. The molecule has 1 aliphatic rings. The van der Waals surface area contributed by atoms with Crippen LogP contribution in [0.25, 0.3) is 0 Å². The highest BCUT2D eigenvalue weighted by molar-refractivity contribution is 8.00. The van der Waals surface area contributed by atoms with Crippen LogP contribution in [0.3, 0.4) is 0 Å². The largest absolute Gasteiger partial charge is 0.288 e. The molecule has 1 fully saturated rings. The summed E-state index contributed by atoms with van der Waals surface area (Å²) >= 11 is 20.5. The van der Waals surface area contributed by atoms with Crippen molar-refractivity contribution < 1.29 is 0 Å². The van der Waals surface area contributed by atoms with Crippen LogP contribution in [0.15, 0.2) is 0 Å². The molecule has 0 spiro atoms. The summed E-state index contributed by atoms with van der Waals surface area (Å²) in [5, 5.41) is 0. The maximum absolute atomic E-state index is 4.21. The number of unbranched alkanes of at least 4 members (excludes halogenated alkanes) is 3. The Labute approximate surface area is 225 Å². The van der Waals surface area contributed by atoms with Gasteiger partial charge in [-0.1, -0.05) is 0 Å². The third-order valence-electron chi connectivity index (χ3n) is 4.03. The first-order chi connectivity index (χ1) is 14.9. The molecule has 4 nitrogen and oxygen atoms in total. The number of hydrogen-bond donors (Lipinski definition) is 4. The van der Waals surface area contributed by atoms with Gasteiger partial charge in [0, 0.05) is 11.8 Å². The molecule has 1 rings (SSSR count). The second kappa shape index (κ2) is 28.2. The van der Waals surface area contributed by atoms with Crippen molar-refractivity contribution in [3.05, 3.63) is 0 Å². The maximum Gasteiger partial charge on any atom is 0.0523 e. The van der Waals surface area contributed by atoms with Gasteiger partial charge in [0.2, 0.25) is 0 Å². The monoisotopic (exact) mass is 550 g/mol. The molecule has 10 heteroatoms. The molecule has 0 saturated carbocycles. The molecule has 0 aromatic carbocycles. The highest BCUT2D eigenvalue weighted by Gasteiger charge is 2.13.